The van der Waals surface area contributed by atoms with Crippen LogP contribution in [0.25, 0.3) is 0 Å². The number of halogens is 2. The van der Waals surface area contributed by atoms with Crippen molar-refractivity contribution in [1.29, 1.82) is 0 Å². The molecule has 0 radical (unpaired) electrons. The summed E-state index contributed by atoms with van der Waals surface area (Å²) in [7, 11) is 0. The number of rotatable bonds is 2. The molecule has 0 aromatic heterocycles. The molecule has 1 aliphatic heterocycles. The second-order valence-electron chi connectivity index (χ2n) is 3.39. The fraction of sp³-hybridized carbons (Fsp3) is 0.400. The summed E-state index contributed by atoms with van der Waals surface area (Å²) in [6.45, 7) is 0.557. The Bertz CT molecular complexity index is 315. The fourth-order valence-corrected chi connectivity index (χ4v) is 1.62. The Morgan fingerprint density at radius 1 is 1.29 bits per heavy atom. The van der Waals surface area contributed by atoms with Gasteiger partial charge in [-0.3, -0.25) is 0 Å². The van der Waals surface area contributed by atoms with E-state index in [-0.39, 0.29) is 12.5 Å². The lowest BCUT2D eigenvalue weighted by molar-refractivity contribution is 0.132. The van der Waals surface area contributed by atoms with Crippen molar-refractivity contribution in [3.05, 3.63) is 24.3 Å². The van der Waals surface area contributed by atoms with E-state index in [1.807, 2.05) is 24.3 Å². The van der Waals surface area contributed by atoms with Crippen molar-refractivity contribution in [3.63, 3.8) is 0 Å². The van der Waals surface area contributed by atoms with Crippen molar-refractivity contribution in [2.75, 3.05) is 17.2 Å². The number of alkyl halides is 2. The van der Waals surface area contributed by atoms with Crippen molar-refractivity contribution in [2.45, 2.75) is 18.9 Å². The molecule has 1 aliphatic rings. The third-order valence-electron chi connectivity index (χ3n) is 2.29. The zero-order valence-electron chi connectivity index (χ0n) is 7.63. The maximum Gasteiger partial charge on any atom is 0.240 e. The largest absolute Gasteiger partial charge is 0.381 e. The Morgan fingerprint density at radius 3 is 2.71 bits per heavy atom. The molecule has 0 saturated heterocycles. The topological polar surface area (TPSA) is 24.1 Å². The Kier molecular flexibility index (Phi) is 2.52. The third kappa shape index (κ3) is 1.95. The average molecular weight is 198 g/mol. The molecule has 1 aromatic rings. The maximum atomic E-state index is 12.1. The lowest BCUT2D eigenvalue weighted by Crippen LogP contribution is -2.34. The second kappa shape index (κ2) is 3.82. The molecule has 0 aliphatic carbocycles. The Labute approximate surface area is 81.3 Å². The van der Waals surface area contributed by atoms with Gasteiger partial charge in [-0.25, -0.2) is 8.78 Å². The molecule has 4 heteroatoms. The Hall–Kier alpha value is -1.32. The second-order valence-corrected chi connectivity index (χ2v) is 3.39. The van der Waals surface area contributed by atoms with Crippen LogP contribution in [0.1, 0.15) is 6.42 Å². The fourth-order valence-electron chi connectivity index (χ4n) is 1.62. The van der Waals surface area contributed by atoms with Gasteiger partial charge in [-0.2, -0.15) is 0 Å². The number of anilines is 2. The molecular formula is C10H12F2N2. The number of benzene rings is 1. The zero-order valence-corrected chi connectivity index (χ0v) is 7.63. The number of hydrogen-bond donors (Lipinski definition) is 2. The van der Waals surface area contributed by atoms with Crippen molar-refractivity contribution < 1.29 is 8.78 Å². The highest BCUT2D eigenvalue weighted by atomic mass is 19.3. The molecule has 2 N–H and O–H groups in total. The van der Waals surface area contributed by atoms with Gasteiger partial charge in [-0.05, 0) is 12.1 Å². The lowest BCUT2D eigenvalue weighted by Gasteiger charge is -2.28. The van der Waals surface area contributed by atoms with E-state index < -0.39 is 6.43 Å². The molecule has 0 spiro atoms. The first-order valence-corrected chi connectivity index (χ1v) is 4.63. The van der Waals surface area contributed by atoms with Gasteiger partial charge >= 0.3 is 0 Å². The molecule has 1 heterocycles. The third-order valence-corrected chi connectivity index (χ3v) is 2.29. The maximum absolute atomic E-state index is 12.1. The summed E-state index contributed by atoms with van der Waals surface area (Å²) in [5.41, 5.74) is 1.89. The first-order chi connectivity index (χ1) is 6.75. The summed E-state index contributed by atoms with van der Waals surface area (Å²) in [4.78, 5) is 0. The number of nitrogens with one attached hydrogen (secondary N) is 2. The molecule has 14 heavy (non-hydrogen) atoms. The summed E-state index contributed by atoms with van der Waals surface area (Å²) in [6, 6.07) is 7.45. The van der Waals surface area contributed by atoms with Gasteiger partial charge < -0.3 is 10.6 Å². The van der Waals surface area contributed by atoms with E-state index in [2.05, 4.69) is 10.6 Å². The van der Waals surface area contributed by atoms with E-state index in [9.17, 15) is 8.78 Å². The molecule has 2 nitrogen and oxygen atoms in total. The van der Waals surface area contributed by atoms with Gasteiger partial charge in [0.25, 0.3) is 0 Å². The van der Waals surface area contributed by atoms with Gasteiger partial charge in [0, 0.05) is 19.0 Å². The lowest BCUT2D eigenvalue weighted by atomic mass is 10.1. The molecule has 76 valence electrons. The van der Waals surface area contributed by atoms with Crippen molar-refractivity contribution >= 4 is 11.4 Å². The van der Waals surface area contributed by atoms with Crippen LogP contribution in [0.2, 0.25) is 0 Å². The summed E-state index contributed by atoms with van der Waals surface area (Å²) >= 11 is 0. The molecule has 1 unspecified atom stereocenters. The molecule has 1 atom stereocenters. The molecule has 0 amide bonds. The summed E-state index contributed by atoms with van der Waals surface area (Å²) in [6.07, 6.45) is -2.36. The quantitative estimate of drug-likeness (QED) is 0.763. The van der Waals surface area contributed by atoms with Crippen LogP contribution in [0.4, 0.5) is 20.2 Å². The first kappa shape index (κ1) is 9.24. The smallest absolute Gasteiger partial charge is 0.240 e. The van der Waals surface area contributed by atoms with Gasteiger partial charge in [0.1, 0.15) is 0 Å². The van der Waals surface area contributed by atoms with Crippen molar-refractivity contribution in [1.82, 2.24) is 0 Å². The minimum absolute atomic E-state index is 0.110. The number of hydrogen-bond acceptors (Lipinski definition) is 2. The van der Waals surface area contributed by atoms with E-state index in [1.165, 1.54) is 0 Å². The normalized spacial score (nSPS) is 19.8. The predicted octanol–water partition coefficient (Wildman–Crippen LogP) is 2.55. The van der Waals surface area contributed by atoms with E-state index >= 15 is 0 Å². The SMILES string of the molecule is FC(F)CC1CNc2ccccc2N1. The van der Waals surface area contributed by atoms with Crippen LogP contribution in [-0.4, -0.2) is 19.0 Å². The zero-order chi connectivity index (χ0) is 9.97. The molecule has 2 rings (SSSR count). The monoisotopic (exact) mass is 198 g/mol. The van der Waals surface area contributed by atoms with Gasteiger partial charge in [-0.1, -0.05) is 12.1 Å². The van der Waals surface area contributed by atoms with Gasteiger partial charge in [-0.15, -0.1) is 0 Å². The number of para-hydroxylation sites is 2. The first-order valence-electron chi connectivity index (χ1n) is 4.63. The van der Waals surface area contributed by atoms with Crippen LogP contribution in [0.5, 0.6) is 0 Å². The van der Waals surface area contributed by atoms with E-state index in [1.54, 1.807) is 0 Å². The van der Waals surface area contributed by atoms with Gasteiger partial charge in [0.15, 0.2) is 0 Å². The minimum atomic E-state index is -2.25. The summed E-state index contributed by atoms with van der Waals surface area (Å²) < 4.78 is 24.3. The van der Waals surface area contributed by atoms with Crippen LogP contribution < -0.4 is 10.6 Å². The predicted molar refractivity (Wildman–Crippen MR) is 53.0 cm³/mol. The van der Waals surface area contributed by atoms with Crippen LogP contribution in [0.15, 0.2) is 24.3 Å². The number of fused-ring (bicyclic) bond motifs is 1. The Balaban J connectivity index is 2.06. The van der Waals surface area contributed by atoms with Crippen LogP contribution in [0, 0.1) is 0 Å². The summed E-state index contributed by atoms with van der Waals surface area (Å²) in [5, 5.41) is 6.21. The molecule has 0 saturated carbocycles. The van der Waals surface area contributed by atoms with Crippen LogP contribution >= 0.6 is 0 Å². The molecule has 1 aromatic carbocycles. The van der Waals surface area contributed by atoms with E-state index in [4.69, 9.17) is 0 Å². The average Bonchev–Trinajstić information content (AvgIpc) is 2.17. The highest BCUT2D eigenvalue weighted by Crippen LogP contribution is 2.26. The standard InChI is InChI=1S/C10H12F2N2/c11-10(12)5-7-6-13-8-3-1-2-4-9(8)14-7/h1-4,7,10,13-14H,5-6H2. The van der Waals surface area contributed by atoms with Crippen molar-refractivity contribution in [3.8, 4) is 0 Å². The Morgan fingerprint density at radius 2 is 2.00 bits per heavy atom. The minimum Gasteiger partial charge on any atom is -0.381 e. The van der Waals surface area contributed by atoms with E-state index in [0.717, 1.165) is 11.4 Å². The molecule has 0 bridgehead atoms. The van der Waals surface area contributed by atoms with Gasteiger partial charge in [0.2, 0.25) is 6.43 Å². The summed E-state index contributed by atoms with van der Waals surface area (Å²) in [5.74, 6) is 0. The van der Waals surface area contributed by atoms with Gasteiger partial charge in [0.05, 0.1) is 11.4 Å². The van der Waals surface area contributed by atoms with E-state index in [0.29, 0.717) is 6.54 Å². The van der Waals surface area contributed by atoms with Crippen LogP contribution in [-0.2, 0) is 0 Å². The highest BCUT2D eigenvalue weighted by molar-refractivity contribution is 5.70. The van der Waals surface area contributed by atoms with Crippen LogP contribution in [0.3, 0.4) is 0 Å². The van der Waals surface area contributed by atoms with Crippen molar-refractivity contribution in [2.24, 2.45) is 0 Å². The highest BCUT2D eigenvalue weighted by Gasteiger charge is 2.19. The molecule has 0 fully saturated rings. The molecular weight excluding hydrogens is 186 g/mol.